The average Bonchev–Trinajstić information content (AvgIpc) is 3.14. The largest absolute Gasteiger partial charge is 0.493 e. The summed E-state index contributed by atoms with van der Waals surface area (Å²) in [5.74, 6) is 2.55. The monoisotopic (exact) mass is 326 g/mol. The Morgan fingerprint density at radius 2 is 1.92 bits per heavy atom. The number of pyridine rings is 1. The Kier molecular flexibility index (Phi) is 4.06. The van der Waals surface area contributed by atoms with Gasteiger partial charge in [-0.3, -0.25) is 4.98 Å². The van der Waals surface area contributed by atoms with E-state index >= 15 is 0 Å². The Hall–Kier alpha value is -2.21. The van der Waals surface area contributed by atoms with Crippen molar-refractivity contribution in [3.8, 4) is 5.75 Å². The quantitative estimate of drug-likeness (QED) is 0.857. The highest BCUT2D eigenvalue weighted by Gasteiger charge is 2.44. The fourth-order valence-corrected chi connectivity index (χ4v) is 3.67. The molecular formula is C18H22N4O2. The standard InChI is InChI=1S/C18H22N4O2/c1-12-6-15(7-13(2)21-12)23-10-14-11-24-17-9-22(8-16(14)17)18-19-4-3-5-20-18/h3-7,14,16-17H,8-11H2,1-2H3/t14-,16+,17+/m0/s1. The van der Waals surface area contributed by atoms with Crippen molar-refractivity contribution >= 4 is 5.95 Å². The van der Waals surface area contributed by atoms with Crippen molar-refractivity contribution in [3.05, 3.63) is 42.0 Å². The summed E-state index contributed by atoms with van der Waals surface area (Å²) in [6.07, 6.45) is 3.82. The molecule has 0 unspecified atom stereocenters. The van der Waals surface area contributed by atoms with Crippen molar-refractivity contribution in [2.45, 2.75) is 20.0 Å². The van der Waals surface area contributed by atoms with Crippen LogP contribution in [0.2, 0.25) is 0 Å². The molecule has 2 aliphatic heterocycles. The van der Waals surface area contributed by atoms with Crippen LogP contribution in [0.1, 0.15) is 11.4 Å². The van der Waals surface area contributed by atoms with Crippen molar-refractivity contribution in [3.63, 3.8) is 0 Å². The van der Waals surface area contributed by atoms with E-state index in [0.29, 0.717) is 18.4 Å². The molecule has 2 fully saturated rings. The van der Waals surface area contributed by atoms with Crippen LogP contribution in [0.5, 0.6) is 5.75 Å². The molecule has 0 aliphatic carbocycles. The fourth-order valence-electron chi connectivity index (χ4n) is 3.67. The van der Waals surface area contributed by atoms with Crippen LogP contribution >= 0.6 is 0 Å². The van der Waals surface area contributed by atoms with E-state index in [9.17, 15) is 0 Å². The van der Waals surface area contributed by atoms with Crippen LogP contribution in [0, 0.1) is 25.7 Å². The maximum atomic E-state index is 6.03. The second-order valence-corrected chi connectivity index (χ2v) is 6.65. The van der Waals surface area contributed by atoms with E-state index in [2.05, 4.69) is 19.9 Å². The molecular weight excluding hydrogens is 304 g/mol. The van der Waals surface area contributed by atoms with Crippen LogP contribution in [0.4, 0.5) is 5.95 Å². The van der Waals surface area contributed by atoms with E-state index in [4.69, 9.17) is 9.47 Å². The summed E-state index contributed by atoms with van der Waals surface area (Å²) >= 11 is 0. The minimum absolute atomic E-state index is 0.253. The number of fused-ring (bicyclic) bond motifs is 1. The summed E-state index contributed by atoms with van der Waals surface area (Å²) in [7, 11) is 0. The zero-order chi connectivity index (χ0) is 16.5. The molecule has 2 aromatic rings. The molecule has 0 radical (unpaired) electrons. The summed E-state index contributed by atoms with van der Waals surface area (Å²) < 4.78 is 12.0. The number of anilines is 1. The van der Waals surface area contributed by atoms with Gasteiger partial charge in [-0.05, 0) is 19.9 Å². The molecule has 0 amide bonds. The van der Waals surface area contributed by atoms with E-state index in [-0.39, 0.29) is 6.10 Å². The smallest absolute Gasteiger partial charge is 0.225 e. The molecule has 6 heteroatoms. The molecule has 0 saturated carbocycles. The van der Waals surface area contributed by atoms with Gasteiger partial charge in [0.05, 0.1) is 19.3 Å². The first-order chi connectivity index (χ1) is 11.7. The van der Waals surface area contributed by atoms with Crippen molar-refractivity contribution in [2.75, 3.05) is 31.2 Å². The summed E-state index contributed by atoms with van der Waals surface area (Å²) in [5, 5.41) is 0. The third-order valence-corrected chi connectivity index (χ3v) is 4.79. The maximum absolute atomic E-state index is 6.03. The number of hydrogen-bond acceptors (Lipinski definition) is 6. The molecule has 2 aliphatic rings. The SMILES string of the molecule is Cc1cc(OC[C@H]2CO[C@@H]3CN(c4ncccn4)C[C@H]23)cc(C)n1. The molecule has 0 bridgehead atoms. The van der Waals surface area contributed by atoms with Crippen LogP contribution in [-0.2, 0) is 4.74 Å². The maximum Gasteiger partial charge on any atom is 0.225 e. The highest BCUT2D eigenvalue weighted by molar-refractivity contribution is 5.32. The molecule has 3 atom stereocenters. The van der Waals surface area contributed by atoms with E-state index in [1.165, 1.54) is 0 Å². The number of nitrogens with zero attached hydrogens (tertiary/aromatic N) is 4. The molecule has 2 saturated heterocycles. The Bertz CT molecular complexity index is 689. The molecule has 24 heavy (non-hydrogen) atoms. The van der Waals surface area contributed by atoms with Gasteiger partial charge in [-0.1, -0.05) is 0 Å². The van der Waals surface area contributed by atoms with Gasteiger partial charge >= 0.3 is 0 Å². The molecule has 0 aromatic carbocycles. The van der Waals surface area contributed by atoms with Gasteiger partial charge in [0.1, 0.15) is 5.75 Å². The first-order valence-corrected chi connectivity index (χ1v) is 8.41. The zero-order valence-corrected chi connectivity index (χ0v) is 14.1. The topological polar surface area (TPSA) is 60.4 Å². The Labute approximate surface area is 141 Å². The molecule has 0 spiro atoms. The van der Waals surface area contributed by atoms with Gasteiger partial charge in [-0.25, -0.2) is 9.97 Å². The lowest BCUT2D eigenvalue weighted by molar-refractivity contribution is 0.108. The second-order valence-electron chi connectivity index (χ2n) is 6.65. The van der Waals surface area contributed by atoms with Crippen LogP contribution < -0.4 is 9.64 Å². The van der Waals surface area contributed by atoms with E-state index in [1.807, 2.05) is 32.0 Å². The summed E-state index contributed by atoms with van der Waals surface area (Å²) in [4.78, 5) is 15.3. The number of aryl methyl sites for hydroxylation is 2. The first kappa shape index (κ1) is 15.3. The van der Waals surface area contributed by atoms with Crippen LogP contribution in [0.25, 0.3) is 0 Å². The minimum Gasteiger partial charge on any atom is -0.493 e. The van der Waals surface area contributed by atoms with Crippen molar-refractivity contribution in [2.24, 2.45) is 11.8 Å². The van der Waals surface area contributed by atoms with Gasteiger partial charge < -0.3 is 14.4 Å². The van der Waals surface area contributed by atoms with E-state index in [1.54, 1.807) is 12.4 Å². The van der Waals surface area contributed by atoms with Crippen molar-refractivity contribution < 1.29 is 9.47 Å². The Morgan fingerprint density at radius 1 is 1.17 bits per heavy atom. The summed E-state index contributed by atoms with van der Waals surface area (Å²) in [6, 6.07) is 5.81. The molecule has 2 aromatic heterocycles. The lowest BCUT2D eigenvalue weighted by Crippen LogP contribution is -2.27. The molecule has 6 nitrogen and oxygen atoms in total. The normalized spacial score (nSPS) is 25.8. The second kappa shape index (κ2) is 6.36. The predicted molar refractivity (Wildman–Crippen MR) is 90.2 cm³/mol. The number of rotatable bonds is 4. The van der Waals surface area contributed by atoms with Gasteiger partial charge in [-0.2, -0.15) is 0 Å². The molecule has 4 heterocycles. The van der Waals surface area contributed by atoms with Gasteiger partial charge in [-0.15, -0.1) is 0 Å². The lowest BCUT2D eigenvalue weighted by atomic mass is 9.94. The summed E-state index contributed by atoms with van der Waals surface area (Å²) in [6.45, 7) is 7.21. The highest BCUT2D eigenvalue weighted by Crippen LogP contribution is 2.35. The third kappa shape index (κ3) is 3.06. The Balaban J connectivity index is 1.39. The lowest BCUT2D eigenvalue weighted by Gasteiger charge is -2.20. The summed E-state index contributed by atoms with van der Waals surface area (Å²) in [5.41, 5.74) is 1.97. The zero-order valence-electron chi connectivity index (χ0n) is 14.1. The Morgan fingerprint density at radius 3 is 2.67 bits per heavy atom. The minimum atomic E-state index is 0.253. The van der Waals surface area contributed by atoms with E-state index < -0.39 is 0 Å². The van der Waals surface area contributed by atoms with Crippen LogP contribution in [0.3, 0.4) is 0 Å². The van der Waals surface area contributed by atoms with Crippen molar-refractivity contribution in [1.82, 2.24) is 15.0 Å². The fraction of sp³-hybridized carbons (Fsp3) is 0.500. The third-order valence-electron chi connectivity index (χ3n) is 4.79. The predicted octanol–water partition coefficient (Wildman–Crippen LogP) is 2.02. The van der Waals surface area contributed by atoms with Gasteiger partial charge in [0.25, 0.3) is 0 Å². The highest BCUT2D eigenvalue weighted by atomic mass is 16.5. The number of ether oxygens (including phenoxy) is 2. The molecule has 4 rings (SSSR count). The average molecular weight is 326 g/mol. The van der Waals surface area contributed by atoms with Gasteiger partial charge in [0.15, 0.2) is 0 Å². The van der Waals surface area contributed by atoms with E-state index in [0.717, 1.165) is 42.8 Å². The van der Waals surface area contributed by atoms with Crippen LogP contribution in [0.15, 0.2) is 30.6 Å². The van der Waals surface area contributed by atoms with Crippen LogP contribution in [-0.4, -0.2) is 47.4 Å². The van der Waals surface area contributed by atoms with Crippen molar-refractivity contribution in [1.29, 1.82) is 0 Å². The molecule has 0 N–H and O–H groups in total. The van der Waals surface area contributed by atoms with Gasteiger partial charge in [0.2, 0.25) is 5.95 Å². The number of hydrogen-bond donors (Lipinski definition) is 0. The first-order valence-electron chi connectivity index (χ1n) is 8.41. The number of aromatic nitrogens is 3. The molecule has 126 valence electrons. The van der Waals surface area contributed by atoms with Gasteiger partial charge in [0, 0.05) is 60.8 Å².